The average molecular weight is 327 g/mol. The van der Waals surface area contributed by atoms with Crippen molar-refractivity contribution in [3.8, 4) is 0 Å². The van der Waals surface area contributed by atoms with Crippen molar-refractivity contribution in [3.05, 3.63) is 65.5 Å². The van der Waals surface area contributed by atoms with Gasteiger partial charge in [0.2, 0.25) is 0 Å². The first-order chi connectivity index (χ1) is 11.6. The number of nitrogens with two attached hydrogens (primary N) is 1. The Bertz CT molecular complexity index is 649. The third-order valence-corrected chi connectivity index (χ3v) is 4.58. The first-order valence-corrected chi connectivity index (χ1v) is 8.67. The Labute approximate surface area is 143 Å². The van der Waals surface area contributed by atoms with Gasteiger partial charge in [-0.05, 0) is 31.0 Å². The number of benzene rings is 2. The van der Waals surface area contributed by atoms with Gasteiger partial charge in [0, 0.05) is 50.0 Å². The van der Waals surface area contributed by atoms with Crippen LogP contribution in [0.1, 0.15) is 18.1 Å². The molecule has 1 aliphatic heterocycles. The Kier molecular flexibility index (Phi) is 5.48. The SMILES string of the molecule is CC(N)Cc1c(F)cccc1N1CCN(Cc2ccccc2)CC1. The van der Waals surface area contributed by atoms with Crippen LogP contribution < -0.4 is 10.6 Å². The fourth-order valence-electron chi connectivity index (χ4n) is 3.36. The number of piperazine rings is 1. The van der Waals surface area contributed by atoms with Crippen molar-refractivity contribution >= 4 is 5.69 Å². The fourth-order valence-corrected chi connectivity index (χ4v) is 3.36. The summed E-state index contributed by atoms with van der Waals surface area (Å²) in [7, 11) is 0. The van der Waals surface area contributed by atoms with Gasteiger partial charge in [0.15, 0.2) is 0 Å². The van der Waals surface area contributed by atoms with Crippen molar-refractivity contribution in [3.63, 3.8) is 0 Å². The highest BCUT2D eigenvalue weighted by Gasteiger charge is 2.21. The maximum absolute atomic E-state index is 14.2. The molecule has 3 nitrogen and oxygen atoms in total. The quantitative estimate of drug-likeness (QED) is 0.916. The number of rotatable bonds is 5. The molecule has 0 saturated carbocycles. The van der Waals surface area contributed by atoms with E-state index in [2.05, 4.69) is 34.1 Å². The molecule has 24 heavy (non-hydrogen) atoms. The van der Waals surface area contributed by atoms with E-state index in [9.17, 15) is 4.39 Å². The molecule has 1 fully saturated rings. The van der Waals surface area contributed by atoms with Gasteiger partial charge in [-0.3, -0.25) is 4.90 Å². The topological polar surface area (TPSA) is 32.5 Å². The minimum Gasteiger partial charge on any atom is -0.369 e. The molecule has 4 heteroatoms. The monoisotopic (exact) mass is 327 g/mol. The number of nitrogens with zero attached hydrogens (tertiary/aromatic N) is 2. The van der Waals surface area contributed by atoms with E-state index in [0.717, 1.165) is 44.0 Å². The summed E-state index contributed by atoms with van der Waals surface area (Å²) in [5.41, 5.74) is 9.01. The van der Waals surface area contributed by atoms with Crippen LogP contribution in [0.25, 0.3) is 0 Å². The third kappa shape index (κ3) is 4.13. The lowest BCUT2D eigenvalue weighted by molar-refractivity contribution is 0.249. The van der Waals surface area contributed by atoms with Crippen LogP contribution in [-0.4, -0.2) is 37.1 Å². The first-order valence-electron chi connectivity index (χ1n) is 8.67. The van der Waals surface area contributed by atoms with Crippen LogP contribution in [0.3, 0.4) is 0 Å². The van der Waals surface area contributed by atoms with Crippen LogP contribution >= 0.6 is 0 Å². The lowest BCUT2D eigenvalue weighted by atomic mass is 10.0. The second kappa shape index (κ2) is 7.77. The zero-order chi connectivity index (χ0) is 16.9. The van der Waals surface area contributed by atoms with Crippen molar-refractivity contribution in [1.29, 1.82) is 0 Å². The van der Waals surface area contributed by atoms with Crippen molar-refractivity contribution < 1.29 is 4.39 Å². The molecule has 0 bridgehead atoms. The van der Waals surface area contributed by atoms with Gasteiger partial charge in [-0.25, -0.2) is 4.39 Å². The molecule has 0 radical (unpaired) electrons. The highest BCUT2D eigenvalue weighted by atomic mass is 19.1. The second-order valence-electron chi connectivity index (χ2n) is 6.67. The van der Waals surface area contributed by atoms with Crippen molar-refractivity contribution in [2.45, 2.75) is 25.9 Å². The molecule has 1 atom stereocenters. The zero-order valence-corrected chi connectivity index (χ0v) is 14.3. The Hall–Kier alpha value is -1.91. The Balaban J connectivity index is 1.65. The molecule has 1 heterocycles. The third-order valence-electron chi connectivity index (χ3n) is 4.58. The van der Waals surface area contributed by atoms with Crippen LogP contribution in [-0.2, 0) is 13.0 Å². The molecule has 2 N–H and O–H groups in total. The van der Waals surface area contributed by atoms with E-state index in [0.29, 0.717) is 6.42 Å². The maximum atomic E-state index is 14.2. The highest BCUT2D eigenvalue weighted by molar-refractivity contribution is 5.55. The summed E-state index contributed by atoms with van der Waals surface area (Å²) in [6.07, 6.45) is 0.576. The molecule has 128 valence electrons. The summed E-state index contributed by atoms with van der Waals surface area (Å²) in [6, 6.07) is 15.9. The molecule has 1 aliphatic rings. The molecule has 2 aromatic rings. The number of halogens is 1. The average Bonchev–Trinajstić information content (AvgIpc) is 2.58. The molecule has 0 spiro atoms. The summed E-state index contributed by atoms with van der Waals surface area (Å²) >= 11 is 0. The second-order valence-corrected chi connectivity index (χ2v) is 6.67. The predicted octanol–water partition coefficient (Wildman–Crippen LogP) is 3.04. The van der Waals surface area contributed by atoms with Crippen LogP contribution in [0.4, 0.5) is 10.1 Å². The number of anilines is 1. The highest BCUT2D eigenvalue weighted by Crippen LogP contribution is 2.26. The van der Waals surface area contributed by atoms with E-state index in [1.54, 1.807) is 6.07 Å². The van der Waals surface area contributed by atoms with Gasteiger partial charge in [-0.2, -0.15) is 0 Å². The summed E-state index contributed by atoms with van der Waals surface area (Å²) in [5.74, 6) is -0.142. The standard InChI is InChI=1S/C20H26FN3/c1-16(22)14-18-19(21)8-5-9-20(18)24-12-10-23(11-13-24)15-17-6-3-2-4-7-17/h2-9,16H,10-15,22H2,1H3. The normalized spacial score (nSPS) is 17.0. The fraction of sp³-hybridized carbons (Fsp3) is 0.400. The van der Waals surface area contributed by atoms with Gasteiger partial charge in [0.25, 0.3) is 0 Å². The van der Waals surface area contributed by atoms with E-state index in [-0.39, 0.29) is 11.9 Å². The van der Waals surface area contributed by atoms with Gasteiger partial charge in [-0.1, -0.05) is 36.4 Å². The van der Waals surface area contributed by atoms with E-state index < -0.39 is 0 Å². The van der Waals surface area contributed by atoms with Crippen LogP contribution in [0.15, 0.2) is 48.5 Å². The molecule has 0 amide bonds. The summed E-state index contributed by atoms with van der Waals surface area (Å²) in [6.45, 7) is 6.72. The Morgan fingerprint density at radius 2 is 1.71 bits per heavy atom. The van der Waals surface area contributed by atoms with Crippen molar-refractivity contribution in [1.82, 2.24) is 4.90 Å². The molecule has 0 aromatic heterocycles. The molecular weight excluding hydrogens is 301 g/mol. The van der Waals surface area contributed by atoms with Gasteiger partial charge in [0.1, 0.15) is 5.82 Å². The molecule has 1 unspecified atom stereocenters. The lowest BCUT2D eigenvalue weighted by Crippen LogP contribution is -2.46. The Morgan fingerprint density at radius 1 is 1.00 bits per heavy atom. The zero-order valence-electron chi connectivity index (χ0n) is 14.3. The summed E-state index contributed by atoms with van der Waals surface area (Å²) < 4.78 is 14.2. The molecule has 0 aliphatic carbocycles. The van der Waals surface area contributed by atoms with Crippen molar-refractivity contribution in [2.24, 2.45) is 5.73 Å². The minimum absolute atomic E-state index is 0.0416. The molecule has 3 rings (SSSR count). The van der Waals surface area contributed by atoms with E-state index in [1.165, 1.54) is 11.6 Å². The predicted molar refractivity (Wildman–Crippen MR) is 97.7 cm³/mol. The van der Waals surface area contributed by atoms with E-state index in [4.69, 9.17) is 5.73 Å². The maximum Gasteiger partial charge on any atom is 0.128 e. The first kappa shape index (κ1) is 16.9. The largest absolute Gasteiger partial charge is 0.369 e. The summed E-state index contributed by atoms with van der Waals surface area (Å²) in [4.78, 5) is 4.75. The number of hydrogen-bond acceptors (Lipinski definition) is 3. The van der Waals surface area contributed by atoms with Gasteiger partial charge >= 0.3 is 0 Å². The molecule has 2 aromatic carbocycles. The smallest absolute Gasteiger partial charge is 0.128 e. The van der Waals surface area contributed by atoms with Crippen LogP contribution in [0, 0.1) is 5.82 Å². The van der Waals surface area contributed by atoms with Crippen molar-refractivity contribution in [2.75, 3.05) is 31.1 Å². The lowest BCUT2D eigenvalue weighted by Gasteiger charge is -2.37. The van der Waals surface area contributed by atoms with Gasteiger partial charge in [0.05, 0.1) is 0 Å². The van der Waals surface area contributed by atoms with E-state index >= 15 is 0 Å². The minimum atomic E-state index is -0.142. The van der Waals surface area contributed by atoms with Gasteiger partial charge in [-0.15, -0.1) is 0 Å². The number of hydrogen-bond donors (Lipinski definition) is 1. The molecule has 1 saturated heterocycles. The van der Waals surface area contributed by atoms with E-state index in [1.807, 2.05) is 19.1 Å². The summed E-state index contributed by atoms with van der Waals surface area (Å²) in [5, 5.41) is 0. The van der Waals surface area contributed by atoms with Crippen LogP contribution in [0.5, 0.6) is 0 Å². The molecular formula is C20H26FN3. The Morgan fingerprint density at radius 3 is 2.38 bits per heavy atom. The van der Waals surface area contributed by atoms with Gasteiger partial charge < -0.3 is 10.6 Å². The van der Waals surface area contributed by atoms with Crippen LogP contribution in [0.2, 0.25) is 0 Å².